The van der Waals surface area contributed by atoms with Crippen molar-refractivity contribution in [2.45, 2.75) is 37.8 Å². The number of nitrogens with zero attached hydrogens (tertiary/aromatic N) is 4. The topological polar surface area (TPSA) is 146 Å². The summed E-state index contributed by atoms with van der Waals surface area (Å²) in [5.74, 6) is 0. The van der Waals surface area contributed by atoms with Gasteiger partial charge in [0, 0.05) is 40.5 Å². The number of amides is 4. The highest BCUT2D eigenvalue weighted by Gasteiger charge is 2.49. The number of aliphatic hydroxyl groups excluding tert-OH is 4. The zero-order valence-corrected chi connectivity index (χ0v) is 15.5. The van der Waals surface area contributed by atoms with Crippen molar-refractivity contribution in [1.29, 1.82) is 0 Å². The van der Waals surface area contributed by atoms with Crippen molar-refractivity contribution >= 4 is 12.1 Å². The minimum Gasteiger partial charge on any atom is -0.385 e. The highest BCUT2D eigenvalue weighted by atomic mass is 16.5. The molecule has 12 heteroatoms. The molecule has 2 rings (SSSR count). The van der Waals surface area contributed by atoms with Crippen molar-refractivity contribution in [1.82, 2.24) is 19.6 Å². The van der Waals surface area contributed by atoms with Crippen LogP contribution in [0.3, 0.4) is 0 Å². The van der Waals surface area contributed by atoms with Crippen LogP contribution in [0.15, 0.2) is 0 Å². The molecule has 4 unspecified atom stereocenters. The molecule has 4 amide bonds. The van der Waals surface area contributed by atoms with Crippen LogP contribution < -0.4 is 0 Å². The van der Waals surface area contributed by atoms with Gasteiger partial charge in [-0.25, -0.2) is 9.59 Å². The molecule has 2 aliphatic heterocycles. The number of urea groups is 2. The van der Waals surface area contributed by atoms with Crippen LogP contribution in [0.25, 0.3) is 0 Å². The summed E-state index contributed by atoms with van der Waals surface area (Å²) in [4.78, 5) is 28.8. The van der Waals surface area contributed by atoms with Gasteiger partial charge in [-0.2, -0.15) is 0 Å². The lowest BCUT2D eigenvalue weighted by atomic mass is 10.4. The Hall–Kier alpha value is -1.70. The first kappa shape index (κ1) is 21.6. The highest BCUT2D eigenvalue weighted by molar-refractivity contribution is 5.80. The van der Waals surface area contributed by atoms with Crippen molar-refractivity contribution in [2.75, 3.05) is 47.2 Å². The number of hydrogen-bond donors (Lipinski definition) is 4. The minimum atomic E-state index is -1.57. The molecule has 2 aliphatic rings. The summed E-state index contributed by atoms with van der Waals surface area (Å²) in [6.07, 6.45) is -5.16. The maximum atomic E-state index is 12.5. The standard InChI is InChI=1S/C15H28N4O8/c1-26-7-3-5-16-10(20)12(22)18(14(16)24)9-19-13(23)11(21)17(15(19)25)6-4-8-27-2/h10-13,20-23H,3-9H2,1-2H3. The minimum absolute atomic E-state index is 0.156. The molecule has 2 fully saturated rings. The van der Waals surface area contributed by atoms with Gasteiger partial charge in [-0.05, 0) is 12.8 Å². The largest absolute Gasteiger partial charge is 0.385 e. The van der Waals surface area contributed by atoms with Crippen LogP contribution in [0.2, 0.25) is 0 Å². The molecule has 2 heterocycles. The molecule has 0 aromatic rings. The van der Waals surface area contributed by atoms with Crippen LogP contribution in [-0.2, 0) is 9.47 Å². The molecule has 4 N–H and O–H groups in total. The molecule has 0 bridgehead atoms. The van der Waals surface area contributed by atoms with E-state index in [0.717, 1.165) is 19.6 Å². The summed E-state index contributed by atoms with van der Waals surface area (Å²) in [6, 6.07) is -1.36. The van der Waals surface area contributed by atoms with E-state index in [-0.39, 0.29) is 13.1 Å². The van der Waals surface area contributed by atoms with Gasteiger partial charge in [0.05, 0.1) is 0 Å². The summed E-state index contributed by atoms with van der Waals surface area (Å²) in [5.41, 5.74) is 0. The number of ether oxygens (including phenoxy) is 2. The summed E-state index contributed by atoms with van der Waals surface area (Å²) in [6.45, 7) is 0.583. The molecule has 0 spiro atoms. The maximum absolute atomic E-state index is 12.5. The number of methoxy groups -OCH3 is 2. The van der Waals surface area contributed by atoms with Crippen LogP contribution in [0.5, 0.6) is 0 Å². The van der Waals surface area contributed by atoms with Gasteiger partial charge in [0.25, 0.3) is 0 Å². The predicted octanol–water partition coefficient (Wildman–Crippen LogP) is -2.23. The van der Waals surface area contributed by atoms with E-state index < -0.39 is 43.6 Å². The zero-order valence-electron chi connectivity index (χ0n) is 15.5. The number of aliphatic hydroxyl groups is 4. The van der Waals surface area contributed by atoms with Crippen LogP contribution in [0.4, 0.5) is 9.59 Å². The molecule has 0 radical (unpaired) electrons. The van der Waals surface area contributed by atoms with Gasteiger partial charge in [-0.15, -0.1) is 0 Å². The Balaban J connectivity index is 2.02. The summed E-state index contributed by atoms with van der Waals surface area (Å²) >= 11 is 0. The van der Waals surface area contributed by atoms with Crippen LogP contribution in [0, 0.1) is 0 Å². The Morgan fingerprint density at radius 3 is 1.37 bits per heavy atom. The smallest absolute Gasteiger partial charge is 0.325 e. The number of hydrogen-bond acceptors (Lipinski definition) is 8. The van der Waals surface area contributed by atoms with Crippen LogP contribution >= 0.6 is 0 Å². The normalized spacial score (nSPS) is 28.8. The summed E-state index contributed by atoms with van der Waals surface area (Å²) in [5, 5.41) is 40.5. The lowest BCUT2D eigenvalue weighted by Gasteiger charge is -2.27. The number of rotatable bonds is 10. The second-order valence-electron chi connectivity index (χ2n) is 6.38. The van der Waals surface area contributed by atoms with Crippen molar-refractivity contribution in [2.24, 2.45) is 0 Å². The Kier molecular flexibility index (Phi) is 7.59. The zero-order chi connectivity index (χ0) is 20.1. The molecule has 0 aromatic heterocycles. The maximum Gasteiger partial charge on any atom is 0.325 e. The van der Waals surface area contributed by atoms with E-state index in [1.165, 1.54) is 14.2 Å². The molecule has 2 saturated heterocycles. The van der Waals surface area contributed by atoms with Crippen molar-refractivity contribution in [3.8, 4) is 0 Å². The molecule has 0 aromatic carbocycles. The van der Waals surface area contributed by atoms with E-state index in [2.05, 4.69) is 0 Å². The van der Waals surface area contributed by atoms with Gasteiger partial charge in [-0.1, -0.05) is 0 Å². The third kappa shape index (κ3) is 4.42. The van der Waals surface area contributed by atoms with E-state index >= 15 is 0 Å². The Morgan fingerprint density at radius 1 is 0.704 bits per heavy atom. The first-order valence-corrected chi connectivity index (χ1v) is 8.69. The molecule has 4 atom stereocenters. The predicted molar refractivity (Wildman–Crippen MR) is 89.8 cm³/mol. The van der Waals surface area contributed by atoms with Gasteiger partial charge in [0.15, 0.2) is 24.9 Å². The van der Waals surface area contributed by atoms with E-state index in [0.29, 0.717) is 26.1 Å². The van der Waals surface area contributed by atoms with Crippen LogP contribution in [0.1, 0.15) is 12.8 Å². The number of carbonyl (C=O) groups is 2. The first-order valence-electron chi connectivity index (χ1n) is 8.69. The Bertz CT molecular complexity index is 480. The van der Waals surface area contributed by atoms with Crippen molar-refractivity contribution < 1.29 is 39.5 Å². The SMILES string of the molecule is COCCCN1C(=O)N(CN2C(=O)N(CCCOC)C(O)C2O)C(O)C1O. The molecule has 156 valence electrons. The molecular weight excluding hydrogens is 364 g/mol. The highest BCUT2D eigenvalue weighted by Crippen LogP contribution is 2.25. The average Bonchev–Trinajstić information content (AvgIpc) is 2.97. The fraction of sp³-hybridized carbons (Fsp3) is 0.867. The van der Waals surface area contributed by atoms with Gasteiger partial charge in [0.2, 0.25) is 0 Å². The Morgan fingerprint density at radius 2 is 1.04 bits per heavy atom. The third-order valence-corrected chi connectivity index (χ3v) is 4.59. The quantitative estimate of drug-likeness (QED) is 0.305. The van der Waals surface area contributed by atoms with E-state index in [1.54, 1.807) is 0 Å². The lowest BCUT2D eigenvalue weighted by Crippen LogP contribution is -2.48. The van der Waals surface area contributed by atoms with Gasteiger partial charge < -0.3 is 29.9 Å². The number of carbonyl (C=O) groups excluding carboxylic acids is 2. The first-order chi connectivity index (χ1) is 12.8. The molecule has 27 heavy (non-hydrogen) atoms. The van der Waals surface area contributed by atoms with Gasteiger partial charge in [0.1, 0.15) is 6.67 Å². The van der Waals surface area contributed by atoms with E-state index in [4.69, 9.17) is 9.47 Å². The second kappa shape index (κ2) is 9.48. The second-order valence-corrected chi connectivity index (χ2v) is 6.38. The Labute approximate surface area is 157 Å². The molecular formula is C15H28N4O8. The summed E-state index contributed by atoms with van der Waals surface area (Å²) in [7, 11) is 3.01. The fourth-order valence-electron chi connectivity index (χ4n) is 3.09. The van der Waals surface area contributed by atoms with Crippen molar-refractivity contribution in [3.05, 3.63) is 0 Å². The monoisotopic (exact) mass is 392 g/mol. The van der Waals surface area contributed by atoms with Crippen molar-refractivity contribution in [3.63, 3.8) is 0 Å². The summed E-state index contributed by atoms with van der Waals surface area (Å²) < 4.78 is 9.80. The molecule has 0 saturated carbocycles. The van der Waals surface area contributed by atoms with Crippen LogP contribution in [-0.4, -0.2) is 124 Å². The van der Waals surface area contributed by atoms with Gasteiger partial charge in [-0.3, -0.25) is 19.6 Å². The van der Waals surface area contributed by atoms with E-state index in [1.807, 2.05) is 0 Å². The molecule has 0 aliphatic carbocycles. The fourth-order valence-corrected chi connectivity index (χ4v) is 3.09. The average molecular weight is 392 g/mol. The molecule has 12 nitrogen and oxygen atoms in total. The van der Waals surface area contributed by atoms with Gasteiger partial charge >= 0.3 is 12.1 Å². The van der Waals surface area contributed by atoms with E-state index in [9.17, 15) is 30.0 Å². The lowest BCUT2D eigenvalue weighted by molar-refractivity contribution is -0.0984. The third-order valence-electron chi connectivity index (χ3n) is 4.59.